The van der Waals surface area contributed by atoms with Gasteiger partial charge in [0.1, 0.15) is 19.0 Å². The van der Waals surface area contributed by atoms with Crippen LogP contribution in [0.15, 0.2) is 47.3 Å². The number of carbonyl (C=O) groups is 1. The Morgan fingerprint density at radius 2 is 1.82 bits per heavy atom. The highest BCUT2D eigenvalue weighted by Gasteiger charge is 2.19. The third-order valence-corrected chi connectivity index (χ3v) is 4.51. The summed E-state index contributed by atoms with van der Waals surface area (Å²) < 4.78 is 12.1. The van der Waals surface area contributed by atoms with Crippen molar-refractivity contribution < 1.29 is 14.3 Å². The molecule has 8 heteroatoms. The number of hydrogen-bond donors (Lipinski definition) is 0. The number of halogens is 2. The molecule has 0 spiro atoms. The first-order valence-electron chi connectivity index (χ1n) is 8.65. The predicted octanol–water partition coefficient (Wildman–Crippen LogP) is 4.52. The van der Waals surface area contributed by atoms with E-state index in [4.69, 9.17) is 32.7 Å². The molecule has 6 nitrogen and oxygen atoms in total. The second-order valence-electron chi connectivity index (χ2n) is 6.30. The number of aromatic nitrogens is 2. The van der Waals surface area contributed by atoms with E-state index in [0.29, 0.717) is 26.6 Å². The molecule has 146 valence electrons. The van der Waals surface area contributed by atoms with Crippen LogP contribution in [0.4, 0.5) is 0 Å². The van der Waals surface area contributed by atoms with E-state index in [0.717, 1.165) is 0 Å². The van der Waals surface area contributed by atoms with E-state index in [9.17, 15) is 9.59 Å². The highest BCUT2D eigenvalue weighted by molar-refractivity contribution is 6.35. The third-order valence-electron chi connectivity index (χ3n) is 3.98. The van der Waals surface area contributed by atoms with Gasteiger partial charge in [0.05, 0.1) is 16.5 Å². The van der Waals surface area contributed by atoms with Gasteiger partial charge in [-0.3, -0.25) is 4.79 Å². The summed E-state index contributed by atoms with van der Waals surface area (Å²) in [6, 6.07) is 11.5. The van der Waals surface area contributed by atoms with E-state index in [1.54, 1.807) is 42.5 Å². The maximum absolute atomic E-state index is 12.6. The van der Waals surface area contributed by atoms with Crippen LogP contribution >= 0.6 is 23.2 Å². The third kappa shape index (κ3) is 4.29. The fourth-order valence-electron chi connectivity index (χ4n) is 2.65. The van der Waals surface area contributed by atoms with Crippen molar-refractivity contribution in [3.8, 4) is 5.75 Å². The van der Waals surface area contributed by atoms with E-state index >= 15 is 0 Å². The second-order valence-corrected chi connectivity index (χ2v) is 7.14. The van der Waals surface area contributed by atoms with Crippen LogP contribution in [0, 0.1) is 0 Å². The SMILES string of the molecule is CC(C)n1nc(C(=O)OCCOc2ccc(Cl)cc2Cl)c2ccccc2c1=O. The summed E-state index contributed by atoms with van der Waals surface area (Å²) in [4.78, 5) is 25.1. The molecule has 2 aromatic carbocycles. The summed E-state index contributed by atoms with van der Waals surface area (Å²) in [5.41, 5.74) is -0.156. The van der Waals surface area contributed by atoms with Crippen LogP contribution < -0.4 is 10.3 Å². The zero-order chi connectivity index (χ0) is 20.3. The minimum atomic E-state index is -0.628. The number of rotatable bonds is 6. The van der Waals surface area contributed by atoms with Crippen LogP contribution in [0.1, 0.15) is 30.4 Å². The molecular weight excluding hydrogens is 403 g/mol. The second kappa shape index (κ2) is 8.63. The van der Waals surface area contributed by atoms with Gasteiger partial charge < -0.3 is 9.47 Å². The summed E-state index contributed by atoms with van der Waals surface area (Å²) in [6.45, 7) is 3.74. The van der Waals surface area contributed by atoms with Gasteiger partial charge in [-0.1, -0.05) is 41.4 Å². The Labute approximate surface area is 171 Å². The van der Waals surface area contributed by atoms with Crippen molar-refractivity contribution in [3.63, 3.8) is 0 Å². The summed E-state index contributed by atoms with van der Waals surface area (Å²) in [5.74, 6) is -0.185. The standard InChI is InChI=1S/C20H18Cl2N2O4/c1-12(2)24-19(25)15-6-4-3-5-14(15)18(23-24)20(26)28-10-9-27-17-8-7-13(21)11-16(17)22/h3-8,11-12H,9-10H2,1-2H3. The first kappa shape index (κ1) is 20.2. The van der Waals surface area contributed by atoms with Gasteiger partial charge in [-0.15, -0.1) is 0 Å². The van der Waals surface area contributed by atoms with Gasteiger partial charge in [0, 0.05) is 10.4 Å². The molecule has 0 N–H and O–H groups in total. The number of carbonyl (C=O) groups excluding carboxylic acids is 1. The van der Waals surface area contributed by atoms with E-state index in [-0.39, 0.29) is 30.5 Å². The van der Waals surface area contributed by atoms with Crippen molar-refractivity contribution in [1.82, 2.24) is 9.78 Å². The van der Waals surface area contributed by atoms with Crippen LogP contribution in [-0.2, 0) is 4.74 Å². The molecule has 0 bridgehead atoms. The molecule has 0 aliphatic carbocycles. The summed E-state index contributed by atoms with van der Waals surface area (Å²) in [6.07, 6.45) is 0. The minimum absolute atomic E-state index is 0.00536. The minimum Gasteiger partial charge on any atom is -0.488 e. The van der Waals surface area contributed by atoms with Crippen LogP contribution in [0.25, 0.3) is 10.8 Å². The lowest BCUT2D eigenvalue weighted by Gasteiger charge is -2.13. The van der Waals surface area contributed by atoms with E-state index in [1.807, 2.05) is 13.8 Å². The Hall–Kier alpha value is -2.57. The van der Waals surface area contributed by atoms with Crippen LogP contribution in [0.5, 0.6) is 5.75 Å². The van der Waals surface area contributed by atoms with Crippen molar-refractivity contribution in [2.75, 3.05) is 13.2 Å². The lowest BCUT2D eigenvalue weighted by Crippen LogP contribution is -2.28. The predicted molar refractivity (Wildman–Crippen MR) is 109 cm³/mol. The quantitative estimate of drug-likeness (QED) is 0.432. The topological polar surface area (TPSA) is 70.4 Å². The van der Waals surface area contributed by atoms with Gasteiger partial charge in [-0.2, -0.15) is 5.10 Å². The number of fused-ring (bicyclic) bond motifs is 1. The van der Waals surface area contributed by atoms with Crippen molar-refractivity contribution in [1.29, 1.82) is 0 Å². The van der Waals surface area contributed by atoms with Gasteiger partial charge in [0.2, 0.25) is 0 Å². The van der Waals surface area contributed by atoms with Gasteiger partial charge >= 0.3 is 5.97 Å². The highest BCUT2D eigenvalue weighted by atomic mass is 35.5. The summed E-state index contributed by atoms with van der Waals surface area (Å²) in [7, 11) is 0. The molecule has 3 rings (SSSR count). The molecule has 28 heavy (non-hydrogen) atoms. The Kier molecular flexibility index (Phi) is 6.21. The number of benzene rings is 2. The molecule has 0 amide bonds. The number of ether oxygens (including phenoxy) is 2. The smallest absolute Gasteiger partial charge is 0.359 e. The maximum Gasteiger partial charge on any atom is 0.359 e. The van der Waals surface area contributed by atoms with Gasteiger partial charge in [-0.25, -0.2) is 9.48 Å². The van der Waals surface area contributed by atoms with Crippen LogP contribution in [-0.4, -0.2) is 29.0 Å². The van der Waals surface area contributed by atoms with Crippen molar-refractivity contribution in [2.45, 2.75) is 19.9 Å². The lowest BCUT2D eigenvalue weighted by atomic mass is 10.1. The normalized spacial score (nSPS) is 11.0. The zero-order valence-electron chi connectivity index (χ0n) is 15.3. The fraction of sp³-hybridized carbons (Fsp3) is 0.250. The van der Waals surface area contributed by atoms with E-state index < -0.39 is 5.97 Å². The Bertz CT molecular complexity index is 1080. The van der Waals surface area contributed by atoms with Crippen molar-refractivity contribution >= 4 is 39.9 Å². The summed E-state index contributed by atoms with van der Waals surface area (Å²) in [5, 5.41) is 5.96. The Morgan fingerprint density at radius 3 is 2.50 bits per heavy atom. The molecule has 0 aliphatic heterocycles. The molecule has 0 fully saturated rings. The summed E-state index contributed by atoms with van der Waals surface area (Å²) >= 11 is 11.9. The molecule has 0 radical (unpaired) electrons. The fourth-order valence-corrected chi connectivity index (χ4v) is 3.12. The Balaban J connectivity index is 1.74. The number of esters is 1. The maximum atomic E-state index is 12.6. The molecule has 0 saturated carbocycles. The average molecular weight is 421 g/mol. The van der Waals surface area contributed by atoms with Gasteiger partial charge in [0.15, 0.2) is 5.69 Å². The van der Waals surface area contributed by atoms with E-state index in [2.05, 4.69) is 5.10 Å². The van der Waals surface area contributed by atoms with Crippen molar-refractivity contribution in [3.05, 3.63) is 68.6 Å². The molecule has 3 aromatic rings. The zero-order valence-corrected chi connectivity index (χ0v) is 16.8. The number of nitrogens with zero attached hydrogens (tertiary/aromatic N) is 2. The largest absolute Gasteiger partial charge is 0.488 e. The molecule has 0 aliphatic rings. The first-order chi connectivity index (χ1) is 13.4. The molecule has 1 aromatic heterocycles. The monoisotopic (exact) mass is 420 g/mol. The van der Waals surface area contributed by atoms with Crippen LogP contribution in [0.2, 0.25) is 10.0 Å². The van der Waals surface area contributed by atoms with Crippen LogP contribution in [0.3, 0.4) is 0 Å². The average Bonchev–Trinajstić information content (AvgIpc) is 2.66. The van der Waals surface area contributed by atoms with Gasteiger partial charge in [0.25, 0.3) is 5.56 Å². The van der Waals surface area contributed by atoms with Crippen molar-refractivity contribution in [2.24, 2.45) is 0 Å². The Morgan fingerprint density at radius 1 is 1.11 bits per heavy atom. The first-order valence-corrected chi connectivity index (χ1v) is 9.40. The molecule has 1 heterocycles. The molecular formula is C20H18Cl2N2O4. The molecule has 0 unspecified atom stereocenters. The van der Waals surface area contributed by atoms with E-state index in [1.165, 1.54) is 4.68 Å². The van der Waals surface area contributed by atoms with Gasteiger partial charge in [-0.05, 0) is 38.1 Å². The molecule has 0 atom stereocenters. The molecule has 0 saturated heterocycles. The number of hydrogen-bond acceptors (Lipinski definition) is 5. The lowest BCUT2D eigenvalue weighted by molar-refractivity contribution is 0.0443. The highest BCUT2D eigenvalue weighted by Crippen LogP contribution is 2.27.